The molecule has 0 aliphatic rings. The Kier molecular flexibility index (Phi) is 9.05. The number of carboxylic acid groups (broad SMARTS) is 1. The number of hydrogen-bond donors (Lipinski definition) is 1. The van der Waals surface area contributed by atoms with Gasteiger partial charge in [0.25, 0.3) is 0 Å². The second-order valence-electron chi connectivity index (χ2n) is 6.69. The van der Waals surface area contributed by atoms with Crippen LogP contribution in [0.1, 0.15) is 100 Å². The number of carbonyl (C=O) groups is 1. The zero-order valence-electron chi connectivity index (χ0n) is 15.4. The second kappa shape index (κ2) is 10.5. The van der Waals surface area contributed by atoms with Crippen LogP contribution >= 0.6 is 0 Å². The van der Waals surface area contributed by atoms with Crippen molar-refractivity contribution in [2.24, 2.45) is 0 Å². The van der Waals surface area contributed by atoms with Crippen LogP contribution < -0.4 is 0 Å². The Morgan fingerprint density at radius 3 is 2.13 bits per heavy atom. The lowest BCUT2D eigenvalue weighted by Gasteiger charge is -2.11. The molecular formula is C20H34O3. The zero-order chi connectivity index (χ0) is 17.2. The molecule has 132 valence electrons. The number of hydrogen-bond acceptors (Lipinski definition) is 2. The first kappa shape index (κ1) is 19.8. The molecule has 23 heavy (non-hydrogen) atoms. The second-order valence-corrected chi connectivity index (χ2v) is 6.69. The lowest BCUT2D eigenvalue weighted by molar-refractivity contribution is -0.139. The molecule has 1 heterocycles. The van der Waals surface area contributed by atoms with Crippen molar-refractivity contribution >= 4 is 5.97 Å². The van der Waals surface area contributed by atoms with Gasteiger partial charge in [-0.05, 0) is 37.8 Å². The summed E-state index contributed by atoms with van der Waals surface area (Å²) in [6.45, 7) is 8.37. The molecule has 0 aliphatic heterocycles. The van der Waals surface area contributed by atoms with Gasteiger partial charge in [-0.1, -0.05) is 58.8 Å². The van der Waals surface area contributed by atoms with Crippen LogP contribution in [0.5, 0.6) is 0 Å². The monoisotopic (exact) mass is 322 g/mol. The maximum atomic E-state index is 11.7. The summed E-state index contributed by atoms with van der Waals surface area (Å²) in [5, 5.41) is 9.59. The van der Waals surface area contributed by atoms with E-state index in [0.717, 1.165) is 42.6 Å². The van der Waals surface area contributed by atoms with Crippen LogP contribution in [0.3, 0.4) is 0 Å². The largest absolute Gasteiger partial charge is 0.481 e. The first-order valence-electron chi connectivity index (χ1n) is 9.34. The van der Waals surface area contributed by atoms with Crippen molar-refractivity contribution in [2.75, 3.05) is 0 Å². The Balaban J connectivity index is 2.58. The molecule has 1 aromatic rings. The van der Waals surface area contributed by atoms with E-state index in [1.807, 2.05) is 13.8 Å². The number of aliphatic carboxylic acids is 1. The van der Waals surface area contributed by atoms with Gasteiger partial charge in [0.05, 0.1) is 0 Å². The van der Waals surface area contributed by atoms with Crippen LogP contribution in [-0.2, 0) is 11.2 Å². The summed E-state index contributed by atoms with van der Waals surface area (Å²) in [4.78, 5) is 11.7. The van der Waals surface area contributed by atoms with Gasteiger partial charge in [0.1, 0.15) is 17.4 Å². The molecule has 0 saturated heterocycles. The number of furan rings is 1. The Bertz CT molecular complexity index is 473. The van der Waals surface area contributed by atoms with Crippen LogP contribution in [0.4, 0.5) is 0 Å². The summed E-state index contributed by atoms with van der Waals surface area (Å²) >= 11 is 0. The van der Waals surface area contributed by atoms with E-state index in [9.17, 15) is 9.90 Å². The van der Waals surface area contributed by atoms with Crippen molar-refractivity contribution in [3.63, 3.8) is 0 Å². The molecule has 1 rings (SSSR count). The molecule has 1 N–H and O–H groups in total. The molecule has 0 amide bonds. The van der Waals surface area contributed by atoms with Crippen molar-refractivity contribution in [1.82, 2.24) is 0 Å². The van der Waals surface area contributed by atoms with Crippen LogP contribution in [0.15, 0.2) is 4.42 Å². The molecule has 1 aromatic heterocycles. The molecule has 1 unspecified atom stereocenters. The Morgan fingerprint density at radius 1 is 0.957 bits per heavy atom. The van der Waals surface area contributed by atoms with Crippen LogP contribution in [0.25, 0.3) is 0 Å². The summed E-state index contributed by atoms with van der Waals surface area (Å²) in [5.74, 6) is 0.404. The molecular weight excluding hydrogens is 288 g/mol. The van der Waals surface area contributed by atoms with Crippen molar-refractivity contribution in [2.45, 2.75) is 97.8 Å². The first-order valence-corrected chi connectivity index (χ1v) is 9.34. The third-order valence-corrected chi connectivity index (χ3v) is 4.77. The summed E-state index contributed by atoms with van der Waals surface area (Å²) in [7, 11) is 0. The lowest BCUT2D eigenvalue weighted by Crippen LogP contribution is -2.12. The van der Waals surface area contributed by atoms with Crippen LogP contribution in [0, 0.1) is 13.8 Å². The van der Waals surface area contributed by atoms with Crippen molar-refractivity contribution < 1.29 is 14.3 Å². The van der Waals surface area contributed by atoms with Gasteiger partial charge in [0, 0.05) is 6.42 Å². The van der Waals surface area contributed by atoms with E-state index < -0.39 is 11.9 Å². The van der Waals surface area contributed by atoms with Gasteiger partial charge in [-0.15, -0.1) is 0 Å². The Labute approximate surface area is 141 Å². The zero-order valence-corrected chi connectivity index (χ0v) is 15.4. The van der Waals surface area contributed by atoms with Crippen LogP contribution in [-0.4, -0.2) is 11.1 Å². The summed E-state index contributed by atoms with van der Waals surface area (Å²) in [5.41, 5.74) is 2.16. The third kappa shape index (κ3) is 6.04. The number of rotatable bonds is 12. The van der Waals surface area contributed by atoms with Gasteiger partial charge in [0.15, 0.2) is 0 Å². The predicted octanol–water partition coefficient (Wildman–Crippen LogP) is 6.16. The Morgan fingerprint density at radius 2 is 1.57 bits per heavy atom. The van der Waals surface area contributed by atoms with Gasteiger partial charge < -0.3 is 9.52 Å². The highest BCUT2D eigenvalue weighted by molar-refractivity contribution is 5.75. The number of aryl methyl sites for hydroxylation is 1. The highest BCUT2D eigenvalue weighted by Crippen LogP contribution is 2.32. The maximum Gasteiger partial charge on any atom is 0.314 e. The van der Waals surface area contributed by atoms with E-state index in [-0.39, 0.29) is 0 Å². The van der Waals surface area contributed by atoms with E-state index >= 15 is 0 Å². The van der Waals surface area contributed by atoms with Gasteiger partial charge in [-0.25, -0.2) is 0 Å². The molecule has 0 radical (unpaired) electrons. The average Bonchev–Trinajstić information content (AvgIpc) is 2.78. The first-order chi connectivity index (χ1) is 11.0. The molecule has 1 atom stereocenters. The van der Waals surface area contributed by atoms with Gasteiger partial charge in [-0.3, -0.25) is 4.79 Å². The lowest BCUT2D eigenvalue weighted by atomic mass is 9.94. The SMILES string of the molecule is CCCCCCCCCC(C(=O)O)c1oc(CCC)c(C)c1C. The number of unbranched alkanes of at least 4 members (excludes halogenated alkanes) is 6. The highest BCUT2D eigenvalue weighted by Gasteiger charge is 2.27. The van der Waals surface area contributed by atoms with Crippen LogP contribution in [0.2, 0.25) is 0 Å². The summed E-state index contributed by atoms with van der Waals surface area (Å²) in [6.07, 6.45) is 11.0. The number of carboxylic acids is 1. The minimum absolute atomic E-state index is 0.491. The van der Waals surface area contributed by atoms with Crippen molar-refractivity contribution in [3.05, 3.63) is 22.6 Å². The molecule has 3 heteroatoms. The summed E-state index contributed by atoms with van der Waals surface area (Å²) < 4.78 is 5.94. The van der Waals surface area contributed by atoms with Crippen molar-refractivity contribution in [3.8, 4) is 0 Å². The molecule has 0 aliphatic carbocycles. The van der Waals surface area contributed by atoms with Gasteiger partial charge >= 0.3 is 5.97 Å². The minimum Gasteiger partial charge on any atom is -0.481 e. The normalized spacial score (nSPS) is 12.5. The smallest absolute Gasteiger partial charge is 0.314 e. The molecule has 0 saturated carbocycles. The fraction of sp³-hybridized carbons (Fsp3) is 0.750. The average molecular weight is 322 g/mol. The van der Waals surface area contributed by atoms with E-state index in [4.69, 9.17) is 4.42 Å². The van der Waals surface area contributed by atoms with Gasteiger partial charge in [0.2, 0.25) is 0 Å². The fourth-order valence-corrected chi connectivity index (χ4v) is 3.15. The standard InChI is InChI=1S/C20H34O3/c1-5-7-8-9-10-11-12-14-17(20(21)22)19-16(4)15(3)18(23-19)13-6-2/h17H,5-14H2,1-4H3,(H,21,22). The molecule has 0 bridgehead atoms. The quantitative estimate of drug-likeness (QED) is 0.469. The molecule has 0 aromatic carbocycles. The van der Waals surface area contributed by atoms with E-state index in [2.05, 4.69) is 13.8 Å². The Hall–Kier alpha value is -1.25. The third-order valence-electron chi connectivity index (χ3n) is 4.77. The van der Waals surface area contributed by atoms with Crippen molar-refractivity contribution in [1.29, 1.82) is 0 Å². The summed E-state index contributed by atoms with van der Waals surface area (Å²) in [6, 6.07) is 0. The highest BCUT2D eigenvalue weighted by atomic mass is 16.4. The molecule has 0 spiro atoms. The van der Waals surface area contributed by atoms with E-state index in [0.29, 0.717) is 12.2 Å². The predicted molar refractivity (Wildman–Crippen MR) is 95.2 cm³/mol. The minimum atomic E-state index is -0.754. The van der Waals surface area contributed by atoms with E-state index in [1.165, 1.54) is 32.1 Å². The maximum absolute atomic E-state index is 11.7. The topological polar surface area (TPSA) is 50.4 Å². The fourth-order valence-electron chi connectivity index (χ4n) is 3.15. The van der Waals surface area contributed by atoms with Gasteiger partial charge in [-0.2, -0.15) is 0 Å². The molecule has 3 nitrogen and oxygen atoms in total. The molecule has 0 fully saturated rings. The van der Waals surface area contributed by atoms with E-state index in [1.54, 1.807) is 0 Å².